The van der Waals surface area contributed by atoms with Crippen LogP contribution in [-0.2, 0) is 4.74 Å². The van der Waals surface area contributed by atoms with Crippen LogP contribution in [0.4, 0.5) is 17.1 Å². The average Bonchev–Trinajstić information content (AvgIpc) is 2.62. The molecule has 1 fully saturated rings. The van der Waals surface area contributed by atoms with Crippen LogP contribution in [0.5, 0.6) is 0 Å². The maximum Gasteiger partial charge on any atom is 0.269 e. The van der Waals surface area contributed by atoms with Crippen LogP contribution in [0.25, 0.3) is 0 Å². The lowest BCUT2D eigenvalue weighted by Crippen LogP contribution is -2.36. The summed E-state index contributed by atoms with van der Waals surface area (Å²) in [5.41, 5.74) is 4.99. The fourth-order valence-corrected chi connectivity index (χ4v) is 2.86. The lowest BCUT2D eigenvalue weighted by Gasteiger charge is -2.29. The molecule has 2 aromatic carbocycles. The first-order valence-electron chi connectivity index (χ1n) is 8.27. The summed E-state index contributed by atoms with van der Waals surface area (Å²) in [5.74, 6) is 0. The highest BCUT2D eigenvalue weighted by Gasteiger charge is 2.12. The van der Waals surface area contributed by atoms with E-state index >= 15 is 0 Å². The van der Waals surface area contributed by atoms with E-state index in [0.29, 0.717) is 0 Å². The third kappa shape index (κ3) is 4.03. The minimum atomic E-state index is -0.394. The minimum absolute atomic E-state index is 0.0856. The van der Waals surface area contributed by atoms with Gasteiger partial charge in [-0.15, -0.1) is 0 Å². The average molecular weight is 339 g/mol. The molecule has 0 saturated carbocycles. The number of rotatable bonds is 4. The van der Waals surface area contributed by atoms with Gasteiger partial charge in [-0.2, -0.15) is 0 Å². The number of anilines is 1. The summed E-state index contributed by atoms with van der Waals surface area (Å²) in [5, 5.41) is 10.8. The van der Waals surface area contributed by atoms with Gasteiger partial charge in [0.15, 0.2) is 0 Å². The van der Waals surface area contributed by atoms with Crippen LogP contribution in [0.2, 0.25) is 0 Å². The number of ether oxygens (including phenoxy) is 1. The molecule has 0 unspecified atom stereocenters. The Hall–Kier alpha value is -2.73. The van der Waals surface area contributed by atoms with E-state index < -0.39 is 4.92 Å². The van der Waals surface area contributed by atoms with Gasteiger partial charge in [0.05, 0.1) is 23.8 Å². The van der Waals surface area contributed by atoms with Gasteiger partial charge < -0.3 is 9.64 Å². The quantitative estimate of drug-likeness (QED) is 0.483. The molecule has 130 valence electrons. The Morgan fingerprint density at radius 1 is 1.12 bits per heavy atom. The molecule has 0 aliphatic carbocycles. The highest BCUT2D eigenvalue weighted by atomic mass is 16.6. The molecule has 6 nitrogen and oxygen atoms in total. The van der Waals surface area contributed by atoms with Gasteiger partial charge in [-0.25, -0.2) is 0 Å². The molecular weight excluding hydrogens is 318 g/mol. The van der Waals surface area contributed by atoms with Crippen LogP contribution in [-0.4, -0.2) is 37.4 Å². The Morgan fingerprint density at radius 3 is 2.52 bits per heavy atom. The van der Waals surface area contributed by atoms with Crippen molar-refractivity contribution in [2.45, 2.75) is 13.8 Å². The number of non-ortho nitro benzene ring substituents is 1. The van der Waals surface area contributed by atoms with Crippen molar-refractivity contribution >= 4 is 23.3 Å². The second-order valence-corrected chi connectivity index (χ2v) is 6.13. The molecule has 25 heavy (non-hydrogen) atoms. The third-order valence-corrected chi connectivity index (χ3v) is 4.36. The Balaban J connectivity index is 1.78. The van der Waals surface area contributed by atoms with Gasteiger partial charge in [0.1, 0.15) is 0 Å². The maximum atomic E-state index is 10.8. The van der Waals surface area contributed by atoms with E-state index in [2.05, 4.69) is 35.0 Å². The Kier molecular flexibility index (Phi) is 5.09. The molecule has 2 aromatic rings. The van der Waals surface area contributed by atoms with Crippen molar-refractivity contribution in [1.82, 2.24) is 0 Å². The van der Waals surface area contributed by atoms with E-state index in [-0.39, 0.29) is 5.69 Å². The van der Waals surface area contributed by atoms with Gasteiger partial charge >= 0.3 is 0 Å². The van der Waals surface area contributed by atoms with E-state index in [4.69, 9.17) is 4.74 Å². The summed E-state index contributed by atoms with van der Waals surface area (Å²) in [6.45, 7) is 7.25. The second kappa shape index (κ2) is 7.44. The van der Waals surface area contributed by atoms with E-state index in [0.717, 1.165) is 48.7 Å². The molecule has 0 atom stereocenters. The molecule has 0 amide bonds. The highest BCUT2D eigenvalue weighted by molar-refractivity contribution is 5.85. The van der Waals surface area contributed by atoms with Crippen LogP contribution >= 0.6 is 0 Å². The first kappa shape index (κ1) is 17.1. The first-order chi connectivity index (χ1) is 12.0. The van der Waals surface area contributed by atoms with Gasteiger partial charge in [-0.3, -0.25) is 15.1 Å². The van der Waals surface area contributed by atoms with Crippen LogP contribution in [0, 0.1) is 24.0 Å². The fourth-order valence-electron chi connectivity index (χ4n) is 2.86. The largest absolute Gasteiger partial charge is 0.378 e. The topological polar surface area (TPSA) is 68.0 Å². The Bertz CT molecular complexity index is 812. The summed E-state index contributed by atoms with van der Waals surface area (Å²) >= 11 is 0. The van der Waals surface area contributed by atoms with Crippen molar-refractivity contribution in [3.05, 3.63) is 63.2 Å². The molecule has 3 rings (SSSR count). The predicted molar refractivity (Wildman–Crippen MR) is 99.3 cm³/mol. The molecule has 0 N–H and O–H groups in total. The molecule has 1 saturated heterocycles. The summed E-state index contributed by atoms with van der Waals surface area (Å²) in [6, 6.07) is 11.0. The number of nitro benzene ring substituents is 1. The normalized spacial score (nSPS) is 14.9. The number of morpholine rings is 1. The first-order valence-corrected chi connectivity index (χ1v) is 8.27. The van der Waals surface area contributed by atoms with Crippen molar-refractivity contribution in [3.8, 4) is 0 Å². The smallest absolute Gasteiger partial charge is 0.269 e. The van der Waals surface area contributed by atoms with Crippen molar-refractivity contribution in [1.29, 1.82) is 0 Å². The lowest BCUT2D eigenvalue weighted by molar-refractivity contribution is -0.384. The number of aryl methyl sites for hydroxylation is 2. The molecule has 1 aliphatic rings. The third-order valence-electron chi connectivity index (χ3n) is 4.36. The zero-order valence-electron chi connectivity index (χ0n) is 14.4. The number of nitro groups is 1. The minimum Gasteiger partial charge on any atom is -0.378 e. The van der Waals surface area contributed by atoms with Crippen molar-refractivity contribution in [2.24, 2.45) is 4.99 Å². The van der Waals surface area contributed by atoms with Crippen molar-refractivity contribution in [2.75, 3.05) is 31.2 Å². The zero-order chi connectivity index (χ0) is 17.8. The Morgan fingerprint density at radius 2 is 1.88 bits per heavy atom. The van der Waals surface area contributed by atoms with Crippen LogP contribution in [0.15, 0.2) is 41.4 Å². The van der Waals surface area contributed by atoms with Crippen LogP contribution in [0.1, 0.15) is 16.7 Å². The van der Waals surface area contributed by atoms with E-state index in [1.807, 2.05) is 13.1 Å². The van der Waals surface area contributed by atoms with Gasteiger partial charge in [0, 0.05) is 37.1 Å². The fraction of sp³-hybridized carbons (Fsp3) is 0.316. The van der Waals surface area contributed by atoms with Crippen molar-refractivity contribution in [3.63, 3.8) is 0 Å². The molecule has 1 heterocycles. The van der Waals surface area contributed by atoms with Crippen LogP contribution < -0.4 is 4.90 Å². The van der Waals surface area contributed by atoms with Gasteiger partial charge in [-0.1, -0.05) is 6.07 Å². The van der Waals surface area contributed by atoms with Gasteiger partial charge in [-0.05, 0) is 48.7 Å². The molecule has 0 radical (unpaired) electrons. The predicted octanol–water partition coefficient (Wildman–Crippen LogP) is 3.80. The molecule has 0 aromatic heterocycles. The monoisotopic (exact) mass is 339 g/mol. The second-order valence-electron chi connectivity index (χ2n) is 6.13. The zero-order valence-corrected chi connectivity index (χ0v) is 14.4. The van der Waals surface area contributed by atoms with Crippen LogP contribution in [0.3, 0.4) is 0 Å². The van der Waals surface area contributed by atoms with Gasteiger partial charge in [0.25, 0.3) is 5.69 Å². The summed E-state index contributed by atoms with van der Waals surface area (Å²) in [4.78, 5) is 17.2. The lowest BCUT2D eigenvalue weighted by atomic mass is 10.1. The van der Waals surface area contributed by atoms with Gasteiger partial charge in [0.2, 0.25) is 0 Å². The number of hydrogen-bond donors (Lipinski definition) is 0. The highest BCUT2D eigenvalue weighted by Crippen LogP contribution is 2.24. The van der Waals surface area contributed by atoms with E-state index in [1.165, 1.54) is 11.8 Å². The standard InChI is InChI=1S/C19H21N3O3/c1-14-11-17(21-7-9-25-10-8-21)4-3-16(14)13-20-19-6-5-18(22(23)24)12-15(19)2/h3-6,11-13H,7-10H2,1-2H3. The van der Waals surface area contributed by atoms with Crippen molar-refractivity contribution < 1.29 is 9.66 Å². The molecule has 0 spiro atoms. The molecule has 1 aliphatic heterocycles. The number of aliphatic imine (C=N–C) groups is 1. The summed E-state index contributed by atoms with van der Waals surface area (Å²) in [6.07, 6.45) is 1.81. The summed E-state index contributed by atoms with van der Waals surface area (Å²) < 4.78 is 5.39. The number of benzene rings is 2. The summed E-state index contributed by atoms with van der Waals surface area (Å²) in [7, 11) is 0. The maximum absolute atomic E-state index is 10.8. The van der Waals surface area contributed by atoms with E-state index in [9.17, 15) is 10.1 Å². The molecular formula is C19H21N3O3. The van der Waals surface area contributed by atoms with E-state index in [1.54, 1.807) is 12.1 Å². The molecule has 0 bridgehead atoms. The number of nitrogens with zero attached hydrogens (tertiary/aromatic N) is 3. The molecule has 6 heteroatoms. The SMILES string of the molecule is Cc1cc(N2CCOCC2)ccc1C=Nc1ccc([N+](=O)[O-])cc1C. The Labute approximate surface area is 146 Å². The number of hydrogen-bond acceptors (Lipinski definition) is 5.